The van der Waals surface area contributed by atoms with E-state index in [1.165, 1.54) is 0 Å². The van der Waals surface area contributed by atoms with Crippen LogP contribution < -0.4 is 4.74 Å². The first-order chi connectivity index (χ1) is 9.20. The minimum atomic E-state index is -2.68. The Morgan fingerprint density at radius 2 is 2.00 bits per heavy atom. The van der Waals surface area contributed by atoms with Crippen molar-refractivity contribution in [3.8, 4) is 5.75 Å². The molecule has 0 aliphatic rings. The summed E-state index contributed by atoms with van der Waals surface area (Å²) in [4.78, 5) is 20.2. The molecule has 1 aromatic carbocycles. The summed E-state index contributed by atoms with van der Waals surface area (Å²) < 4.78 is 20.1. The molecule has 1 N–H and O–H groups in total. The summed E-state index contributed by atoms with van der Waals surface area (Å²) in [5, 5.41) is 0. The van der Waals surface area contributed by atoms with Crippen LogP contribution >= 0.6 is 8.25 Å². The highest BCUT2D eigenvalue weighted by molar-refractivity contribution is 7.32. The highest BCUT2D eigenvalue weighted by Crippen LogP contribution is 2.32. The lowest BCUT2D eigenvalue weighted by Gasteiger charge is -2.22. The van der Waals surface area contributed by atoms with Crippen molar-refractivity contribution >= 4 is 14.2 Å². The van der Waals surface area contributed by atoms with Gasteiger partial charge in [-0.2, -0.15) is 0 Å². The molecule has 1 rings (SSSR count). The van der Waals surface area contributed by atoms with Crippen molar-refractivity contribution in [2.75, 3.05) is 6.61 Å². The molecule has 0 aromatic heterocycles. The number of ether oxygens (including phenoxy) is 1. The van der Waals surface area contributed by atoms with Crippen molar-refractivity contribution in [3.63, 3.8) is 0 Å². The Kier molecular flexibility index (Phi) is 5.81. The lowest BCUT2D eigenvalue weighted by Crippen LogP contribution is -2.17. The molecule has 1 aromatic rings. The van der Waals surface area contributed by atoms with Crippen LogP contribution in [0.15, 0.2) is 18.2 Å². The van der Waals surface area contributed by atoms with Crippen molar-refractivity contribution in [1.82, 2.24) is 0 Å². The van der Waals surface area contributed by atoms with Gasteiger partial charge in [0.05, 0.1) is 6.42 Å². The third-order valence-corrected chi connectivity index (χ3v) is 3.08. The van der Waals surface area contributed by atoms with Crippen LogP contribution in [-0.4, -0.2) is 17.5 Å². The van der Waals surface area contributed by atoms with Gasteiger partial charge in [-0.25, -0.2) is 0 Å². The highest BCUT2D eigenvalue weighted by atomic mass is 31.1. The molecule has 0 fully saturated rings. The van der Waals surface area contributed by atoms with E-state index in [4.69, 9.17) is 9.63 Å². The second-order valence-corrected chi connectivity index (χ2v) is 6.28. The van der Waals surface area contributed by atoms with E-state index < -0.39 is 14.2 Å². The summed E-state index contributed by atoms with van der Waals surface area (Å²) in [5.74, 6) is 0.0256. The first-order valence-corrected chi connectivity index (χ1v) is 7.44. The maximum absolute atomic E-state index is 11.7. The molecule has 0 heterocycles. The number of hydrogen-bond acceptors (Lipinski definition) is 4. The zero-order valence-corrected chi connectivity index (χ0v) is 13.1. The van der Waals surface area contributed by atoms with Crippen molar-refractivity contribution in [2.45, 2.75) is 39.5 Å². The summed E-state index contributed by atoms with van der Waals surface area (Å²) in [6.45, 7) is 7.96. The van der Waals surface area contributed by atoms with Crippen LogP contribution in [0.3, 0.4) is 0 Å². The quantitative estimate of drug-likeness (QED) is 0.513. The fourth-order valence-electron chi connectivity index (χ4n) is 1.70. The van der Waals surface area contributed by atoms with E-state index in [0.717, 1.165) is 11.1 Å². The molecule has 1 unspecified atom stereocenters. The number of carbonyl (C=O) groups is 1. The zero-order valence-electron chi connectivity index (χ0n) is 12.2. The minimum Gasteiger partial charge on any atom is -0.426 e. The van der Waals surface area contributed by atoms with Crippen LogP contribution in [0.4, 0.5) is 0 Å². The van der Waals surface area contributed by atoms with Gasteiger partial charge in [0.1, 0.15) is 12.4 Å². The molecular weight excluding hydrogens is 279 g/mol. The van der Waals surface area contributed by atoms with Gasteiger partial charge in [-0.1, -0.05) is 38.5 Å². The molecule has 0 radical (unpaired) electrons. The van der Waals surface area contributed by atoms with Crippen LogP contribution in [0.1, 0.15) is 38.3 Å². The molecule has 0 saturated carbocycles. The topological polar surface area (TPSA) is 72.8 Å². The molecule has 0 saturated heterocycles. The fourth-order valence-corrected chi connectivity index (χ4v) is 1.95. The van der Waals surface area contributed by atoms with Gasteiger partial charge in [0.15, 0.2) is 0 Å². The number of esters is 1. The second kappa shape index (κ2) is 6.93. The third-order valence-electron chi connectivity index (χ3n) is 2.67. The minimum absolute atomic E-state index is 0.0703. The average Bonchev–Trinajstić information content (AvgIpc) is 2.29. The van der Waals surface area contributed by atoms with E-state index in [2.05, 4.69) is 4.52 Å². The van der Waals surface area contributed by atoms with E-state index >= 15 is 0 Å². The third kappa shape index (κ3) is 5.37. The van der Waals surface area contributed by atoms with Crippen molar-refractivity contribution in [2.24, 2.45) is 0 Å². The first kappa shape index (κ1) is 16.8. The summed E-state index contributed by atoms with van der Waals surface area (Å²) >= 11 is 0. The Labute approximate surface area is 119 Å². The van der Waals surface area contributed by atoms with Crippen LogP contribution in [-0.2, 0) is 19.3 Å². The standard InChI is InChI=1S/C14H19O5P/c1-10-5-6-12(11(9-10)14(2,3)4)19-13(15)7-8-18-20(16)17/h5-6,9H,7-8H2,1-4H3/p+1. The van der Waals surface area contributed by atoms with Crippen LogP contribution in [0.2, 0.25) is 0 Å². The predicted octanol–water partition coefficient (Wildman–Crippen LogP) is 3.25. The normalized spacial score (nSPS) is 12.2. The maximum atomic E-state index is 11.7. The Hall–Kier alpha value is -1.29. The van der Waals surface area contributed by atoms with Crippen molar-refractivity contribution in [1.29, 1.82) is 0 Å². The SMILES string of the molecule is Cc1ccc(OC(=O)CCO[P+](=O)O)c(C(C)(C)C)c1. The number of benzene rings is 1. The molecule has 0 spiro atoms. The Bertz CT molecular complexity index is 505. The molecule has 6 heteroatoms. The van der Waals surface area contributed by atoms with E-state index in [-0.39, 0.29) is 18.4 Å². The van der Waals surface area contributed by atoms with Gasteiger partial charge in [-0.3, -0.25) is 4.79 Å². The molecule has 0 amide bonds. The molecule has 0 aliphatic carbocycles. The molecule has 20 heavy (non-hydrogen) atoms. The van der Waals surface area contributed by atoms with Crippen LogP contribution in [0, 0.1) is 6.92 Å². The van der Waals surface area contributed by atoms with Gasteiger partial charge in [0.2, 0.25) is 0 Å². The molecule has 1 atom stereocenters. The summed E-state index contributed by atoms with van der Waals surface area (Å²) in [7, 11) is -2.68. The monoisotopic (exact) mass is 299 g/mol. The average molecular weight is 299 g/mol. The van der Waals surface area contributed by atoms with E-state index in [9.17, 15) is 9.36 Å². The van der Waals surface area contributed by atoms with E-state index in [0.29, 0.717) is 5.75 Å². The van der Waals surface area contributed by atoms with Gasteiger partial charge in [-0.15, -0.1) is 9.42 Å². The molecule has 5 nitrogen and oxygen atoms in total. The smallest absolute Gasteiger partial charge is 0.426 e. The lowest BCUT2D eigenvalue weighted by molar-refractivity contribution is -0.134. The molecule has 0 aliphatic heterocycles. The van der Waals surface area contributed by atoms with Crippen molar-refractivity contribution < 1.29 is 23.5 Å². The number of hydrogen-bond donors (Lipinski definition) is 1. The largest absolute Gasteiger partial charge is 0.694 e. The van der Waals surface area contributed by atoms with Gasteiger partial charge in [0.25, 0.3) is 0 Å². The molecular formula is C14H20O5P+. The van der Waals surface area contributed by atoms with Crippen molar-refractivity contribution in [3.05, 3.63) is 29.3 Å². The Balaban J connectivity index is 2.77. The van der Waals surface area contributed by atoms with Gasteiger partial charge in [0, 0.05) is 10.1 Å². The highest BCUT2D eigenvalue weighted by Gasteiger charge is 2.21. The Morgan fingerprint density at radius 1 is 1.35 bits per heavy atom. The first-order valence-electron chi connectivity index (χ1n) is 6.31. The summed E-state index contributed by atoms with van der Waals surface area (Å²) in [6.07, 6.45) is -0.0703. The number of carbonyl (C=O) groups excluding carboxylic acids is 1. The van der Waals surface area contributed by atoms with Gasteiger partial charge < -0.3 is 4.74 Å². The van der Waals surface area contributed by atoms with E-state index in [1.54, 1.807) is 6.07 Å². The second-order valence-electron chi connectivity index (χ2n) is 5.54. The van der Waals surface area contributed by atoms with Crippen LogP contribution in [0.5, 0.6) is 5.75 Å². The van der Waals surface area contributed by atoms with Gasteiger partial charge >= 0.3 is 14.2 Å². The summed E-state index contributed by atoms with van der Waals surface area (Å²) in [5.41, 5.74) is 1.89. The molecule has 110 valence electrons. The molecule has 0 bridgehead atoms. The Morgan fingerprint density at radius 3 is 2.55 bits per heavy atom. The van der Waals surface area contributed by atoms with Crippen LogP contribution in [0.25, 0.3) is 0 Å². The zero-order chi connectivity index (χ0) is 15.3. The van der Waals surface area contributed by atoms with Gasteiger partial charge in [-0.05, 0) is 18.4 Å². The summed E-state index contributed by atoms with van der Waals surface area (Å²) in [6, 6.07) is 5.63. The number of aryl methyl sites for hydroxylation is 1. The maximum Gasteiger partial charge on any atom is 0.694 e. The number of rotatable bonds is 5. The predicted molar refractivity (Wildman–Crippen MR) is 75.9 cm³/mol. The van der Waals surface area contributed by atoms with E-state index in [1.807, 2.05) is 39.8 Å². The fraction of sp³-hybridized carbons (Fsp3) is 0.500. The lowest BCUT2D eigenvalue weighted by atomic mass is 9.85.